The standard InChI is InChI=1S/C49H36N2/c1-49(2)44-25-10-9-22-42(44)43-24-13-23-41(47(43)49)39-20-11-18-37(30-39)34-26-28-36(29-27-34)48-50-45(35-16-7-4-8-17-35)32-46(51-48)40-21-12-19-38(31-40)33-14-5-3-6-15-33/h3-32H,1-2H3. The Morgan fingerprint density at radius 2 is 0.804 bits per heavy atom. The molecule has 1 aliphatic rings. The fourth-order valence-electron chi connectivity index (χ4n) is 7.74. The summed E-state index contributed by atoms with van der Waals surface area (Å²) in [6.45, 7) is 4.70. The van der Waals surface area contributed by atoms with Gasteiger partial charge in [-0.25, -0.2) is 9.97 Å². The van der Waals surface area contributed by atoms with Crippen molar-refractivity contribution in [1.82, 2.24) is 9.97 Å². The highest BCUT2D eigenvalue weighted by Crippen LogP contribution is 2.52. The molecule has 0 N–H and O–H groups in total. The molecule has 0 radical (unpaired) electrons. The molecule has 0 saturated carbocycles. The summed E-state index contributed by atoms with van der Waals surface area (Å²) in [6.07, 6.45) is 0. The predicted molar refractivity (Wildman–Crippen MR) is 212 cm³/mol. The summed E-state index contributed by atoms with van der Waals surface area (Å²) in [5.41, 5.74) is 17.5. The topological polar surface area (TPSA) is 25.8 Å². The van der Waals surface area contributed by atoms with Crippen LogP contribution in [0.3, 0.4) is 0 Å². The molecule has 0 unspecified atom stereocenters. The predicted octanol–water partition coefficient (Wildman–Crippen LogP) is 12.8. The van der Waals surface area contributed by atoms with E-state index in [0.717, 1.165) is 39.2 Å². The van der Waals surface area contributed by atoms with Crippen molar-refractivity contribution in [3.8, 4) is 78.4 Å². The molecule has 51 heavy (non-hydrogen) atoms. The third-order valence-electron chi connectivity index (χ3n) is 10.3. The molecule has 242 valence electrons. The first-order valence-electron chi connectivity index (χ1n) is 17.6. The third-order valence-corrected chi connectivity index (χ3v) is 10.3. The molecule has 1 aromatic heterocycles. The summed E-state index contributed by atoms with van der Waals surface area (Å²) in [5.74, 6) is 0.707. The summed E-state index contributed by atoms with van der Waals surface area (Å²) in [4.78, 5) is 10.2. The average molecular weight is 653 g/mol. The highest BCUT2D eigenvalue weighted by molar-refractivity contribution is 5.89. The van der Waals surface area contributed by atoms with Crippen LogP contribution >= 0.6 is 0 Å². The van der Waals surface area contributed by atoms with E-state index in [1.165, 1.54) is 44.5 Å². The van der Waals surface area contributed by atoms with Crippen LogP contribution in [0.25, 0.3) is 78.4 Å². The van der Waals surface area contributed by atoms with E-state index in [1.54, 1.807) is 0 Å². The number of aromatic nitrogens is 2. The van der Waals surface area contributed by atoms with Crippen molar-refractivity contribution in [1.29, 1.82) is 0 Å². The van der Waals surface area contributed by atoms with Gasteiger partial charge in [0, 0.05) is 22.1 Å². The van der Waals surface area contributed by atoms with E-state index in [4.69, 9.17) is 9.97 Å². The van der Waals surface area contributed by atoms with Crippen molar-refractivity contribution < 1.29 is 0 Å². The first-order valence-corrected chi connectivity index (χ1v) is 17.6. The van der Waals surface area contributed by atoms with Gasteiger partial charge in [-0.1, -0.05) is 178 Å². The van der Waals surface area contributed by atoms with E-state index in [1.807, 2.05) is 12.1 Å². The molecule has 1 aliphatic carbocycles. The summed E-state index contributed by atoms with van der Waals surface area (Å²) in [6, 6.07) is 64.8. The van der Waals surface area contributed by atoms with Crippen LogP contribution < -0.4 is 0 Å². The van der Waals surface area contributed by atoms with Gasteiger partial charge in [-0.2, -0.15) is 0 Å². The summed E-state index contributed by atoms with van der Waals surface area (Å²) in [7, 11) is 0. The zero-order valence-electron chi connectivity index (χ0n) is 28.7. The Balaban J connectivity index is 1.08. The number of rotatable bonds is 6. The monoisotopic (exact) mass is 652 g/mol. The molecule has 0 saturated heterocycles. The maximum absolute atomic E-state index is 5.14. The number of benzene rings is 7. The molecule has 0 amide bonds. The lowest BCUT2D eigenvalue weighted by Crippen LogP contribution is -2.16. The van der Waals surface area contributed by atoms with Gasteiger partial charge in [0.25, 0.3) is 0 Å². The minimum Gasteiger partial charge on any atom is -0.228 e. The molecular formula is C49H36N2. The minimum atomic E-state index is -0.0732. The second kappa shape index (κ2) is 12.5. The van der Waals surface area contributed by atoms with Gasteiger partial charge in [0.05, 0.1) is 11.4 Å². The first-order chi connectivity index (χ1) is 25.0. The third kappa shape index (κ3) is 5.56. The van der Waals surface area contributed by atoms with Gasteiger partial charge in [0.15, 0.2) is 5.82 Å². The van der Waals surface area contributed by atoms with Crippen LogP contribution in [0.15, 0.2) is 182 Å². The molecule has 0 atom stereocenters. The van der Waals surface area contributed by atoms with Crippen LogP contribution in [0.4, 0.5) is 0 Å². The van der Waals surface area contributed by atoms with Crippen LogP contribution in [-0.2, 0) is 5.41 Å². The summed E-state index contributed by atoms with van der Waals surface area (Å²) < 4.78 is 0. The van der Waals surface area contributed by atoms with Gasteiger partial charge in [0.2, 0.25) is 0 Å². The molecule has 8 aromatic rings. The molecule has 7 aromatic carbocycles. The van der Waals surface area contributed by atoms with Crippen LogP contribution in [0, 0.1) is 0 Å². The highest BCUT2D eigenvalue weighted by Gasteiger charge is 2.37. The van der Waals surface area contributed by atoms with Crippen molar-refractivity contribution in [3.05, 3.63) is 193 Å². The van der Waals surface area contributed by atoms with Crippen LogP contribution in [0.5, 0.6) is 0 Å². The Hall–Kier alpha value is -6.38. The molecule has 0 spiro atoms. The normalized spacial score (nSPS) is 12.7. The Bertz CT molecular complexity index is 2530. The van der Waals surface area contributed by atoms with Crippen LogP contribution in [0.2, 0.25) is 0 Å². The summed E-state index contributed by atoms with van der Waals surface area (Å²) >= 11 is 0. The summed E-state index contributed by atoms with van der Waals surface area (Å²) in [5, 5.41) is 0. The largest absolute Gasteiger partial charge is 0.228 e. The van der Waals surface area contributed by atoms with Crippen LogP contribution in [0.1, 0.15) is 25.0 Å². The van der Waals surface area contributed by atoms with E-state index < -0.39 is 0 Å². The van der Waals surface area contributed by atoms with Gasteiger partial charge < -0.3 is 0 Å². The van der Waals surface area contributed by atoms with Crippen molar-refractivity contribution in [3.63, 3.8) is 0 Å². The van der Waals surface area contributed by atoms with Gasteiger partial charge in [-0.05, 0) is 73.8 Å². The average Bonchev–Trinajstić information content (AvgIpc) is 3.44. The first kappa shape index (κ1) is 30.7. The lowest BCUT2D eigenvalue weighted by Gasteiger charge is -2.24. The SMILES string of the molecule is CC1(C)c2ccccc2-c2cccc(-c3cccc(-c4ccc(-c5nc(-c6ccccc6)cc(-c6cccc(-c7ccccc7)c6)n5)cc4)c3)c21. The smallest absolute Gasteiger partial charge is 0.160 e. The molecule has 2 heteroatoms. The lowest BCUT2D eigenvalue weighted by atomic mass is 9.78. The maximum atomic E-state index is 5.14. The lowest BCUT2D eigenvalue weighted by molar-refractivity contribution is 0.662. The Kier molecular flexibility index (Phi) is 7.51. The quantitative estimate of drug-likeness (QED) is 0.179. The maximum Gasteiger partial charge on any atom is 0.160 e. The number of hydrogen-bond acceptors (Lipinski definition) is 2. The zero-order chi connectivity index (χ0) is 34.4. The van der Waals surface area contributed by atoms with Crippen molar-refractivity contribution in [2.24, 2.45) is 0 Å². The fraction of sp³-hybridized carbons (Fsp3) is 0.0612. The molecular weight excluding hydrogens is 617 g/mol. The number of nitrogens with zero attached hydrogens (tertiary/aromatic N) is 2. The van der Waals surface area contributed by atoms with E-state index >= 15 is 0 Å². The van der Waals surface area contributed by atoms with Gasteiger partial charge in [0.1, 0.15) is 0 Å². The van der Waals surface area contributed by atoms with Crippen molar-refractivity contribution >= 4 is 0 Å². The van der Waals surface area contributed by atoms with Gasteiger partial charge in [-0.3, -0.25) is 0 Å². The van der Waals surface area contributed by atoms with Crippen molar-refractivity contribution in [2.75, 3.05) is 0 Å². The second-order valence-corrected chi connectivity index (χ2v) is 13.8. The minimum absolute atomic E-state index is 0.0732. The van der Waals surface area contributed by atoms with E-state index in [9.17, 15) is 0 Å². The fourth-order valence-corrected chi connectivity index (χ4v) is 7.74. The molecule has 0 fully saturated rings. The van der Waals surface area contributed by atoms with Gasteiger partial charge in [-0.15, -0.1) is 0 Å². The molecule has 1 heterocycles. The van der Waals surface area contributed by atoms with E-state index in [2.05, 4.69) is 184 Å². The second-order valence-electron chi connectivity index (χ2n) is 13.8. The molecule has 0 aliphatic heterocycles. The molecule has 2 nitrogen and oxygen atoms in total. The molecule has 0 bridgehead atoms. The highest BCUT2D eigenvalue weighted by atomic mass is 14.9. The number of hydrogen-bond donors (Lipinski definition) is 0. The number of fused-ring (bicyclic) bond motifs is 3. The zero-order valence-corrected chi connectivity index (χ0v) is 28.7. The Morgan fingerprint density at radius 3 is 1.53 bits per heavy atom. The van der Waals surface area contributed by atoms with Crippen LogP contribution in [-0.4, -0.2) is 9.97 Å². The molecule has 9 rings (SSSR count). The van der Waals surface area contributed by atoms with Gasteiger partial charge >= 0.3 is 0 Å². The Labute approximate surface area is 299 Å². The van der Waals surface area contributed by atoms with Crippen molar-refractivity contribution in [2.45, 2.75) is 19.3 Å². The van der Waals surface area contributed by atoms with E-state index in [-0.39, 0.29) is 5.41 Å². The van der Waals surface area contributed by atoms with E-state index in [0.29, 0.717) is 5.82 Å². The Morgan fingerprint density at radius 1 is 0.333 bits per heavy atom.